The summed E-state index contributed by atoms with van der Waals surface area (Å²) in [7, 11) is 0. The van der Waals surface area contributed by atoms with E-state index in [9.17, 15) is 0 Å². The van der Waals surface area contributed by atoms with E-state index in [1.54, 1.807) is 0 Å². The molecule has 1 atom stereocenters. The molecule has 0 amide bonds. The topological polar surface area (TPSA) is 58.3 Å². The molecule has 1 unspecified atom stereocenters. The fourth-order valence-corrected chi connectivity index (χ4v) is 1.49. The van der Waals surface area contributed by atoms with E-state index in [1.165, 1.54) is 0 Å². The van der Waals surface area contributed by atoms with Crippen LogP contribution in [-0.4, -0.2) is 23.4 Å². The van der Waals surface area contributed by atoms with Crippen molar-refractivity contribution in [2.24, 2.45) is 0 Å². The van der Waals surface area contributed by atoms with Gasteiger partial charge in [-0.3, -0.25) is 0 Å². The highest BCUT2D eigenvalue weighted by Gasteiger charge is 2.20. The van der Waals surface area contributed by atoms with Crippen LogP contribution in [0.3, 0.4) is 0 Å². The molecule has 0 radical (unpaired) electrons. The van der Waals surface area contributed by atoms with Gasteiger partial charge in [0.2, 0.25) is 0 Å². The molecule has 0 bridgehead atoms. The lowest BCUT2D eigenvalue weighted by molar-refractivity contribution is 0.264. The van der Waals surface area contributed by atoms with Crippen LogP contribution in [0.2, 0.25) is 0 Å². The highest BCUT2D eigenvalue weighted by atomic mass is 16.5. The van der Waals surface area contributed by atoms with Crippen LogP contribution in [0.4, 0.5) is 0 Å². The van der Waals surface area contributed by atoms with Crippen molar-refractivity contribution in [1.29, 1.82) is 0 Å². The summed E-state index contributed by atoms with van der Waals surface area (Å²) < 4.78 is 5.09. The molecule has 1 aromatic heterocycles. The quantitative estimate of drug-likeness (QED) is 0.664. The van der Waals surface area contributed by atoms with Crippen molar-refractivity contribution in [3.63, 3.8) is 0 Å². The molecular weight excluding hydrogens is 156 g/mol. The van der Waals surface area contributed by atoms with Crippen LogP contribution in [0.25, 0.3) is 0 Å². The zero-order valence-electron chi connectivity index (χ0n) is 6.79. The number of aliphatic hydroxyl groups excluding tert-OH is 1. The zero-order valence-corrected chi connectivity index (χ0v) is 6.79. The number of rotatable bonds is 2. The van der Waals surface area contributed by atoms with Crippen LogP contribution >= 0.6 is 0 Å². The maximum atomic E-state index is 8.76. The van der Waals surface area contributed by atoms with Gasteiger partial charge in [0.1, 0.15) is 11.5 Å². The Morgan fingerprint density at radius 3 is 3.25 bits per heavy atom. The first-order valence-electron chi connectivity index (χ1n) is 4.17. The maximum absolute atomic E-state index is 8.76. The predicted octanol–water partition coefficient (Wildman–Crippen LogP) is 0.244. The fraction of sp³-hybridized carbons (Fsp3) is 0.625. The highest BCUT2D eigenvalue weighted by Crippen LogP contribution is 2.22. The molecule has 2 rings (SSSR count). The molecule has 1 aromatic rings. The van der Waals surface area contributed by atoms with E-state index < -0.39 is 0 Å². The largest absolute Gasteiger partial charge is 0.390 e. The van der Waals surface area contributed by atoms with Gasteiger partial charge < -0.3 is 14.9 Å². The summed E-state index contributed by atoms with van der Waals surface area (Å²) in [6, 6.07) is 1.83. The Bertz CT molecular complexity index is 253. The van der Waals surface area contributed by atoms with Gasteiger partial charge in [-0.05, 0) is 13.0 Å². The van der Waals surface area contributed by atoms with E-state index >= 15 is 0 Å². The van der Waals surface area contributed by atoms with Crippen molar-refractivity contribution >= 4 is 0 Å². The number of aromatic nitrogens is 1. The van der Waals surface area contributed by atoms with Crippen molar-refractivity contribution < 1.29 is 9.63 Å². The van der Waals surface area contributed by atoms with Crippen molar-refractivity contribution in [2.45, 2.75) is 18.9 Å². The average molecular weight is 168 g/mol. The fourth-order valence-electron chi connectivity index (χ4n) is 1.49. The van der Waals surface area contributed by atoms with E-state index in [0.29, 0.717) is 11.6 Å². The number of nitrogens with one attached hydrogen (secondary N) is 1. The van der Waals surface area contributed by atoms with Gasteiger partial charge in [-0.15, -0.1) is 0 Å². The molecular formula is C8H12N2O2. The number of hydrogen-bond donors (Lipinski definition) is 2. The Kier molecular flexibility index (Phi) is 2.10. The van der Waals surface area contributed by atoms with E-state index in [4.69, 9.17) is 9.63 Å². The maximum Gasteiger partial charge on any atom is 0.141 e. The SMILES string of the molecule is OCc1cc(C2CCNC2)on1. The average Bonchev–Trinajstić information content (AvgIpc) is 2.75. The van der Waals surface area contributed by atoms with Gasteiger partial charge in [-0.25, -0.2) is 0 Å². The van der Waals surface area contributed by atoms with Gasteiger partial charge in [0.05, 0.1) is 6.61 Å². The lowest BCUT2D eigenvalue weighted by atomic mass is 10.1. The Labute approximate surface area is 70.6 Å². The number of hydrogen-bond acceptors (Lipinski definition) is 4. The standard InChI is InChI=1S/C8H12N2O2/c11-5-7-3-8(12-10-7)6-1-2-9-4-6/h3,6,9,11H,1-2,4-5H2. The molecule has 4 heteroatoms. The molecule has 0 saturated carbocycles. The van der Waals surface area contributed by atoms with Crippen molar-refractivity contribution in [3.05, 3.63) is 17.5 Å². The van der Waals surface area contributed by atoms with Crippen LogP contribution in [0.5, 0.6) is 0 Å². The minimum atomic E-state index is -0.0380. The van der Waals surface area contributed by atoms with Gasteiger partial charge >= 0.3 is 0 Å². The Morgan fingerprint density at radius 1 is 1.75 bits per heavy atom. The van der Waals surface area contributed by atoms with E-state index in [-0.39, 0.29) is 6.61 Å². The first-order valence-corrected chi connectivity index (χ1v) is 4.17. The van der Waals surface area contributed by atoms with Gasteiger partial charge in [0.25, 0.3) is 0 Å². The van der Waals surface area contributed by atoms with Crippen molar-refractivity contribution in [1.82, 2.24) is 10.5 Å². The molecule has 0 spiro atoms. The molecule has 1 saturated heterocycles. The molecule has 12 heavy (non-hydrogen) atoms. The van der Waals surface area contributed by atoms with Gasteiger partial charge in [0.15, 0.2) is 0 Å². The van der Waals surface area contributed by atoms with Crippen molar-refractivity contribution in [3.8, 4) is 0 Å². The zero-order chi connectivity index (χ0) is 8.39. The first kappa shape index (κ1) is 7.76. The summed E-state index contributed by atoms with van der Waals surface area (Å²) in [4.78, 5) is 0. The summed E-state index contributed by atoms with van der Waals surface area (Å²) >= 11 is 0. The summed E-state index contributed by atoms with van der Waals surface area (Å²) in [5.41, 5.74) is 0.622. The number of aliphatic hydroxyl groups is 1. The molecule has 1 aliphatic heterocycles. The predicted molar refractivity (Wildman–Crippen MR) is 42.7 cm³/mol. The van der Waals surface area contributed by atoms with Gasteiger partial charge in [-0.2, -0.15) is 0 Å². The summed E-state index contributed by atoms with van der Waals surface area (Å²) in [6.45, 7) is 1.96. The summed E-state index contributed by atoms with van der Waals surface area (Å²) in [5.74, 6) is 1.34. The molecule has 1 fully saturated rings. The van der Waals surface area contributed by atoms with E-state index in [2.05, 4.69) is 10.5 Å². The molecule has 2 heterocycles. The first-order chi connectivity index (χ1) is 5.90. The molecule has 0 aliphatic carbocycles. The third-order valence-electron chi connectivity index (χ3n) is 2.20. The molecule has 2 N–H and O–H groups in total. The van der Waals surface area contributed by atoms with Crippen molar-refractivity contribution in [2.75, 3.05) is 13.1 Å². The van der Waals surface area contributed by atoms with Gasteiger partial charge in [0, 0.05) is 18.5 Å². The second-order valence-corrected chi connectivity index (χ2v) is 3.07. The van der Waals surface area contributed by atoms with Crippen LogP contribution in [-0.2, 0) is 6.61 Å². The molecule has 4 nitrogen and oxygen atoms in total. The second-order valence-electron chi connectivity index (χ2n) is 3.07. The molecule has 1 aliphatic rings. The third-order valence-corrected chi connectivity index (χ3v) is 2.20. The van der Waals surface area contributed by atoms with Crippen LogP contribution in [0.1, 0.15) is 23.8 Å². The van der Waals surface area contributed by atoms with Crippen LogP contribution < -0.4 is 5.32 Å². The minimum absolute atomic E-state index is 0.0380. The molecule has 66 valence electrons. The highest BCUT2D eigenvalue weighted by molar-refractivity contribution is 5.11. The second kappa shape index (κ2) is 3.25. The summed E-state index contributed by atoms with van der Waals surface area (Å²) in [6.07, 6.45) is 1.10. The van der Waals surface area contributed by atoms with Crippen LogP contribution in [0, 0.1) is 0 Å². The number of nitrogens with zero attached hydrogens (tertiary/aromatic N) is 1. The van der Waals surface area contributed by atoms with E-state index in [1.807, 2.05) is 6.07 Å². The lowest BCUT2D eigenvalue weighted by Crippen LogP contribution is -2.07. The lowest BCUT2D eigenvalue weighted by Gasteiger charge is -1.99. The summed E-state index contributed by atoms with van der Waals surface area (Å²) in [5, 5.41) is 15.7. The minimum Gasteiger partial charge on any atom is -0.390 e. The monoisotopic (exact) mass is 168 g/mol. The Balaban J connectivity index is 2.11. The van der Waals surface area contributed by atoms with Crippen LogP contribution in [0.15, 0.2) is 10.6 Å². The normalized spacial score (nSPS) is 23.2. The third kappa shape index (κ3) is 1.35. The van der Waals surface area contributed by atoms with E-state index in [0.717, 1.165) is 25.3 Å². The van der Waals surface area contributed by atoms with Gasteiger partial charge in [-0.1, -0.05) is 5.16 Å². The Morgan fingerprint density at radius 2 is 2.67 bits per heavy atom. The Hall–Kier alpha value is -0.870. The molecule has 0 aromatic carbocycles. The smallest absolute Gasteiger partial charge is 0.141 e.